The van der Waals surface area contributed by atoms with Gasteiger partial charge in [0.05, 0.1) is 17.6 Å². The van der Waals surface area contributed by atoms with Crippen molar-refractivity contribution in [2.24, 2.45) is 23.7 Å². The van der Waals surface area contributed by atoms with Crippen LogP contribution in [0.1, 0.15) is 19.3 Å². The summed E-state index contributed by atoms with van der Waals surface area (Å²) in [5, 5.41) is 13.2. The summed E-state index contributed by atoms with van der Waals surface area (Å²) in [7, 11) is -3.01. The lowest BCUT2D eigenvalue weighted by atomic mass is 10.0. The minimum atomic E-state index is -3.01. The maximum atomic E-state index is 11.4. The molecule has 4 aliphatic rings. The van der Waals surface area contributed by atoms with Crippen LogP contribution >= 0.6 is 0 Å². The molecule has 0 aromatic heterocycles. The van der Waals surface area contributed by atoms with Crippen LogP contribution in [-0.4, -0.2) is 43.2 Å². The van der Waals surface area contributed by atoms with Crippen molar-refractivity contribution >= 4 is 9.84 Å². The highest BCUT2D eigenvalue weighted by molar-refractivity contribution is 7.91. The molecule has 6 atom stereocenters. The van der Waals surface area contributed by atoms with Gasteiger partial charge in [0.25, 0.3) is 0 Å². The van der Waals surface area contributed by atoms with Gasteiger partial charge in [0, 0.05) is 12.1 Å². The number of rotatable bonds is 2. The zero-order valence-corrected chi connectivity index (χ0v) is 10.6. The monoisotopic (exact) mass is 257 g/mol. The largest absolute Gasteiger partial charge is 0.390 e. The molecule has 2 bridgehead atoms. The van der Waals surface area contributed by atoms with Crippen LogP contribution in [0, 0.1) is 23.7 Å². The first-order valence-electron chi connectivity index (χ1n) is 6.70. The molecule has 2 N–H and O–H groups in total. The van der Waals surface area contributed by atoms with Gasteiger partial charge in [-0.3, -0.25) is 0 Å². The summed E-state index contributed by atoms with van der Waals surface area (Å²) in [4.78, 5) is 0. The molecule has 3 aliphatic carbocycles. The van der Waals surface area contributed by atoms with Crippen molar-refractivity contribution in [3.05, 3.63) is 0 Å². The van der Waals surface area contributed by atoms with Crippen molar-refractivity contribution < 1.29 is 13.5 Å². The van der Waals surface area contributed by atoms with E-state index in [1.54, 1.807) is 0 Å². The van der Waals surface area contributed by atoms with E-state index in [0.29, 0.717) is 6.04 Å². The summed E-state index contributed by atoms with van der Waals surface area (Å²) in [5.41, 5.74) is 0. The van der Waals surface area contributed by atoms with Gasteiger partial charge in [0.15, 0.2) is 9.84 Å². The summed E-state index contributed by atoms with van der Waals surface area (Å²) in [5.74, 6) is 3.43. The number of nitrogens with one attached hydrogen (secondary N) is 1. The van der Waals surface area contributed by atoms with E-state index in [-0.39, 0.29) is 17.5 Å². The molecule has 5 heteroatoms. The quantitative estimate of drug-likeness (QED) is 0.718. The van der Waals surface area contributed by atoms with E-state index < -0.39 is 15.9 Å². The van der Waals surface area contributed by atoms with Crippen molar-refractivity contribution in [3.8, 4) is 0 Å². The molecule has 0 radical (unpaired) electrons. The third-order valence-electron chi connectivity index (χ3n) is 5.46. The molecule has 4 nitrogen and oxygen atoms in total. The highest BCUT2D eigenvalue weighted by atomic mass is 32.2. The maximum absolute atomic E-state index is 11.4. The van der Waals surface area contributed by atoms with E-state index >= 15 is 0 Å². The molecule has 0 aromatic carbocycles. The van der Waals surface area contributed by atoms with Crippen LogP contribution < -0.4 is 5.32 Å². The van der Waals surface area contributed by atoms with Crippen molar-refractivity contribution in [2.45, 2.75) is 37.5 Å². The second kappa shape index (κ2) is 3.25. The molecule has 0 aromatic rings. The van der Waals surface area contributed by atoms with Gasteiger partial charge in [-0.2, -0.15) is 0 Å². The minimum Gasteiger partial charge on any atom is -0.390 e. The molecule has 96 valence electrons. The van der Waals surface area contributed by atoms with Gasteiger partial charge in [-0.05, 0) is 42.9 Å². The molecule has 17 heavy (non-hydrogen) atoms. The third-order valence-corrected chi connectivity index (χ3v) is 7.18. The van der Waals surface area contributed by atoms with Crippen molar-refractivity contribution in [3.63, 3.8) is 0 Å². The van der Waals surface area contributed by atoms with Crippen LogP contribution in [0.3, 0.4) is 0 Å². The Kier molecular flexibility index (Phi) is 2.06. The highest BCUT2D eigenvalue weighted by Gasteiger charge is 2.65. The number of hydrogen-bond acceptors (Lipinski definition) is 4. The standard InChI is InChI=1S/C12H19NO3S/c14-9-5-17(15,16)4-8(9)13-12-10-6-1-2-7(3-6)11(10)12/h6-14H,1-5H2. The van der Waals surface area contributed by atoms with Gasteiger partial charge in [-0.15, -0.1) is 0 Å². The number of aliphatic hydroxyl groups is 1. The van der Waals surface area contributed by atoms with Gasteiger partial charge in [0.1, 0.15) is 0 Å². The number of sulfone groups is 1. The van der Waals surface area contributed by atoms with Gasteiger partial charge < -0.3 is 10.4 Å². The first kappa shape index (κ1) is 10.8. The van der Waals surface area contributed by atoms with Crippen LogP contribution in [0.4, 0.5) is 0 Å². The van der Waals surface area contributed by atoms with Gasteiger partial charge in [0.2, 0.25) is 0 Å². The van der Waals surface area contributed by atoms with Gasteiger partial charge >= 0.3 is 0 Å². The lowest BCUT2D eigenvalue weighted by Gasteiger charge is -2.17. The Morgan fingerprint density at radius 3 is 2.24 bits per heavy atom. The Hall–Kier alpha value is -0.130. The van der Waals surface area contributed by atoms with Crippen LogP contribution in [-0.2, 0) is 9.84 Å². The Morgan fingerprint density at radius 2 is 1.71 bits per heavy atom. The lowest BCUT2D eigenvalue weighted by molar-refractivity contribution is 0.162. The van der Waals surface area contributed by atoms with Crippen LogP contribution in [0.5, 0.6) is 0 Å². The molecule has 4 fully saturated rings. The van der Waals surface area contributed by atoms with E-state index in [4.69, 9.17) is 0 Å². The van der Waals surface area contributed by atoms with Crippen LogP contribution in [0.2, 0.25) is 0 Å². The van der Waals surface area contributed by atoms with E-state index in [0.717, 1.165) is 23.7 Å². The number of hydrogen-bond donors (Lipinski definition) is 2. The first-order valence-corrected chi connectivity index (χ1v) is 8.52. The predicted molar refractivity (Wildman–Crippen MR) is 63.2 cm³/mol. The van der Waals surface area contributed by atoms with Crippen molar-refractivity contribution in [1.29, 1.82) is 0 Å². The Labute approximate surface area is 102 Å². The molecule has 3 saturated carbocycles. The minimum absolute atomic E-state index is 0.0560. The zero-order valence-electron chi connectivity index (χ0n) is 9.75. The Morgan fingerprint density at radius 1 is 1.06 bits per heavy atom. The molecule has 4 rings (SSSR count). The van der Waals surface area contributed by atoms with E-state index in [1.807, 2.05) is 0 Å². The van der Waals surface area contributed by atoms with Crippen LogP contribution in [0.25, 0.3) is 0 Å². The second-order valence-electron chi connectivity index (χ2n) is 6.43. The average Bonchev–Trinajstić information content (AvgIpc) is 2.59. The fourth-order valence-corrected chi connectivity index (χ4v) is 6.54. The topological polar surface area (TPSA) is 66.4 Å². The molecule has 0 amide bonds. The van der Waals surface area contributed by atoms with Crippen molar-refractivity contribution in [1.82, 2.24) is 5.32 Å². The molecular weight excluding hydrogens is 238 g/mol. The maximum Gasteiger partial charge on any atom is 0.154 e. The fraction of sp³-hybridized carbons (Fsp3) is 1.00. The predicted octanol–water partition coefficient (Wildman–Crippen LogP) is -0.222. The zero-order chi connectivity index (χ0) is 11.8. The summed E-state index contributed by atoms with van der Waals surface area (Å²) >= 11 is 0. The lowest BCUT2D eigenvalue weighted by Crippen LogP contribution is -2.42. The Bertz CT molecular complexity index is 433. The smallest absolute Gasteiger partial charge is 0.154 e. The summed E-state index contributed by atoms with van der Waals surface area (Å²) < 4.78 is 22.9. The molecule has 0 spiro atoms. The van der Waals surface area contributed by atoms with Gasteiger partial charge in [-0.1, -0.05) is 0 Å². The molecule has 1 saturated heterocycles. The van der Waals surface area contributed by atoms with Crippen molar-refractivity contribution in [2.75, 3.05) is 11.5 Å². The van der Waals surface area contributed by atoms with E-state index in [2.05, 4.69) is 5.32 Å². The van der Waals surface area contributed by atoms with Gasteiger partial charge in [-0.25, -0.2) is 8.42 Å². The Balaban J connectivity index is 1.44. The molecule has 1 aliphatic heterocycles. The van der Waals surface area contributed by atoms with E-state index in [9.17, 15) is 13.5 Å². The van der Waals surface area contributed by atoms with E-state index in [1.165, 1.54) is 19.3 Å². The normalized spacial score (nSPS) is 58.3. The van der Waals surface area contributed by atoms with Crippen LogP contribution in [0.15, 0.2) is 0 Å². The summed E-state index contributed by atoms with van der Waals surface area (Å²) in [6, 6.07) is 0.296. The number of aliphatic hydroxyl groups excluding tert-OH is 1. The summed E-state index contributed by atoms with van der Waals surface area (Å²) in [6.07, 6.45) is 3.45. The average molecular weight is 257 g/mol. The molecular formula is C12H19NO3S. The SMILES string of the molecule is O=S1(=O)CC(O)C(NC2C3C4CCC(C4)C23)C1. The highest BCUT2D eigenvalue weighted by Crippen LogP contribution is 2.65. The third kappa shape index (κ3) is 1.52. The first-order chi connectivity index (χ1) is 8.05. The molecule has 1 heterocycles. The molecule has 6 unspecified atom stereocenters. The second-order valence-corrected chi connectivity index (χ2v) is 8.58. The summed E-state index contributed by atoms with van der Waals surface area (Å²) in [6.45, 7) is 0. The number of fused-ring (bicyclic) bond motifs is 5. The fourth-order valence-electron chi connectivity index (χ4n) is 4.78.